The van der Waals surface area contributed by atoms with Crippen LogP contribution in [0.2, 0.25) is 0 Å². The standard InChI is InChI=1S/C19H25NO/c1-14-8-9-18(17(12-14)19(2,3)4)21-16-7-5-6-15(13-16)10-11-20/h5-9,12-13H,10-11,20H2,1-4H3. The van der Waals surface area contributed by atoms with Crippen molar-refractivity contribution in [3.63, 3.8) is 0 Å². The van der Waals surface area contributed by atoms with Crippen LogP contribution in [0.5, 0.6) is 11.5 Å². The van der Waals surface area contributed by atoms with Gasteiger partial charge in [0.1, 0.15) is 11.5 Å². The van der Waals surface area contributed by atoms with E-state index >= 15 is 0 Å². The Balaban J connectivity index is 2.33. The first kappa shape index (κ1) is 15.6. The van der Waals surface area contributed by atoms with Gasteiger partial charge >= 0.3 is 0 Å². The maximum Gasteiger partial charge on any atom is 0.131 e. The monoisotopic (exact) mass is 283 g/mol. The Morgan fingerprint density at radius 3 is 2.48 bits per heavy atom. The molecular weight excluding hydrogens is 258 g/mol. The summed E-state index contributed by atoms with van der Waals surface area (Å²) in [5.41, 5.74) is 9.36. The van der Waals surface area contributed by atoms with E-state index in [1.165, 1.54) is 16.7 Å². The predicted octanol–water partition coefficient (Wildman–Crippen LogP) is 4.59. The lowest BCUT2D eigenvalue weighted by Gasteiger charge is -2.23. The largest absolute Gasteiger partial charge is 0.457 e. The number of benzene rings is 2. The number of rotatable bonds is 4. The fourth-order valence-electron chi connectivity index (χ4n) is 2.38. The second-order valence-corrected chi connectivity index (χ2v) is 6.54. The van der Waals surface area contributed by atoms with Gasteiger partial charge in [-0.1, -0.05) is 50.6 Å². The van der Waals surface area contributed by atoms with Gasteiger partial charge in [0.25, 0.3) is 0 Å². The van der Waals surface area contributed by atoms with Crippen LogP contribution in [-0.4, -0.2) is 6.54 Å². The number of aryl methyl sites for hydroxylation is 1. The van der Waals surface area contributed by atoms with E-state index in [1.54, 1.807) is 0 Å². The van der Waals surface area contributed by atoms with Crippen molar-refractivity contribution in [1.29, 1.82) is 0 Å². The van der Waals surface area contributed by atoms with Crippen LogP contribution in [0.1, 0.15) is 37.5 Å². The number of hydrogen-bond donors (Lipinski definition) is 1. The maximum atomic E-state index is 6.14. The SMILES string of the molecule is Cc1ccc(Oc2cccc(CCN)c2)c(C(C)(C)C)c1. The molecule has 0 unspecified atom stereocenters. The van der Waals surface area contributed by atoms with E-state index in [0.29, 0.717) is 6.54 Å². The number of hydrogen-bond acceptors (Lipinski definition) is 2. The van der Waals surface area contributed by atoms with Gasteiger partial charge in [-0.2, -0.15) is 0 Å². The van der Waals surface area contributed by atoms with Crippen LogP contribution < -0.4 is 10.5 Å². The highest BCUT2D eigenvalue weighted by Gasteiger charge is 2.19. The fourth-order valence-corrected chi connectivity index (χ4v) is 2.38. The number of ether oxygens (including phenoxy) is 1. The molecule has 2 nitrogen and oxygen atoms in total. The molecule has 0 saturated carbocycles. The highest BCUT2D eigenvalue weighted by Crippen LogP contribution is 2.35. The quantitative estimate of drug-likeness (QED) is 0.891. The molecule has 2 rings (SSSR count). The Morgan fingerprint density at radius 1 is 1.05 bits per heavy atom. The second-order valence-electron chi connectivity index (χ2n) is 6.54. The van der Waals surface area contributed by atoms with E-state index in [1.807, 2.05) is 12.1 Å². The first-order valence-corrected chi connectivity index (χ1v) is 7.48. The summed E-state index contributed by atoms with van der Waals surface area (Å²) in [7, 11) is 0. The summed E-state index contributed by atoms with van der Waals surface area (Å²) in [4.78, 5) is 0. The van der Waals surface area contributed by atoms with E-state index in [0.717, 1.165) is 17.9 Å². The van der Waals surface area contributed by atoms with E-state index in [-0.39, 0.29) is 5.41 Å². The normalized spacial score (nSPS) is 11.5. The van der Waals surface area contributed by atoms with Crippen LogP contribution in [0.15, 0.2) is 42.5 Å². The first-order valence-electron chi connectivity index (χ1n) is 7.48. The smallest absolute Gasteiger partial charge is 0.131 e. The topological polar surface area (TPSA) is 35.2 Å². The van der Waals surface area contributed by atoms with Gasteiger partial charge in [-0.3, -0.25) is 0 Å². The van der Waals surface area contributed by atoms with Crippen LogP contribution in [0.4, 0.5) is 0 Å². The van der Waals surface area contributed by atoms with Gasteiger partial charge in [-0.25, -0.2) is 0 Å². The molecule has 0 aliphatic rings. The molecule has 0 atom stereocenters. The van der Waals surface area contributed by atoms with Crippen molar-refractivity contribution in [2.24, 2.45) is 5.73 Å². The Morgan fingerprint density at radius 2 is 1.81 bits per heavy atom. The average molecular weight is 283 g/mol. The van der Waals surface area contributed by atoms with E-state index in [9.17, 15) is 0 Å². The number of nitrogens with two attached hydrogens (primary N) is 1. The molecule has 0 bridgehead atoms. The van der Waals surface area contributed by atoms with E-state index in [4.69, 9.17) is 10.5 Å². The maximum absolute atomic E-state index is 6.14. The lowest BCUT2D eigenvalue weighted by molar-refractivity contribution is 0.454. The molecule has 0 fully saturated rings. The zero-order valence-corrected chi connectivity index (χ0v) is 13.4. The summed E-state index contributed by atoms with van der Waals surface area (Å²) < 4.78 is 6.14. The second kappa shape index (κ2) is 6.31. The minimum Gasteiger partial charge on any atom is -0.457 e. The molecule has 21 heavy (non-hydrogen) atoms. The summed E-state index contributed by atoms with van der Waals surface area (Å²) in [6.07, 6.45) is 0.872. The zero-order valence-electron chi connectivity index (χ0n) is 13.4. The third kappa shape index (κ3) is 4.08. The summed E-state index contributed by atoms with van der Waals surface area (Å²) in [5, 5.41) is 0. The molecule has 112 valence electrons. The Kier molecular flexibility index (Phi) is 4.69. The summed E-state index contributed by atoms with van der Waals surface area (Å²) in [6.45, 7) is 9.39. The Bertz CT molecular complexity index is 611. The van der Waals surface area contributed by atoms with Gasteiger partial charge in [0, 0.05) is 5.56 Å². The molecule has 0 amide bonds. The molecule has 2 N–H and O–H groups in total. The van der Waals surface area contributed by atoms with Crippen molar-refractivity contribution >= 4 is 0 Å². The molecule has 0 heterocycles. The van der Waals surface area contributed by atoms with Crippen molar-refractivity contribution in [2.45, 2.75) is 39.5 Å². The fraction of sp³-hybridized carbons (Fsp3) is 0.368. The van der Waals surface area contributed by atoms with E-state index < -0.39 is 0 Å². The molecule has 0 aromatic heterocycles. The Hall–Kier alpha value is -1.80. The zero-order chi connectivity index (χ0) is 15.5. The molecule has 2 aromatic carbocycles. The minimum absolute atomic E-state index is 0.0518. The van der Waals surface area contributed by atoms with Gasteiger partial charge in [-0.15, -0.1) is 0 Å². The molecule has 2 heteroatoms. The van der Waals surface area contributed by atoms with Gasteiger partial charge in [0.15, 0.2) is 0 Å². The highest BCUT2D eigenvalue weighted by atomic mass is 16.5. The molecule has 0 aliphatic heterocycles. The lowest BCUT2D eigenvalue weighted by Crippen LogP contribution is -2.12. The third-order valence-electron chi connectivity index (χ3n) is 3.50. The molecule has 2 aromatic rings. The molecule has 0 radical (unpaired) electrons. The highest BCUT2D eigenvalue weighted by molar-refractivity contribution is 5.44. The lowest BCUT2D eigenvalue weighted by atomic mass is 9.85. The van der Waals surface area contributed by atoms with Crippen LogP contribution >= 0.6 is 0 Å². The molecule has 0 aliphatic carbocycles. The van der Waals surface area contributed by atoms with Gasteiger partial charge in [0.05, 0.1) is 0 Å². The summed E-state index contributed by atoms with van der Waals surface area (Å²) >= 11 is 0. The van der Waals surface area contributed by atoms with Crippen molar-refractivity contribution < 1.29 is 4.74 Å². The van der Waals surface area contributed by atoms with Crippen LogP contribution in [0.25, 0.3) is 0 Å². The average Bonchev–Trinajstić information content (AvgIpc) is 2.40. The van der Waals surface area contributed by atoms with Gasteiger partial charge in [-0.05, 0) is 49.1 Å². The summed E-state index contributed by atoms with van der Waals surface area (Å²) in [6, 6.07) is 14.5. The van der Waals surface area contributed by atoms with Crippen molar-refractivity contribution in [3.05, 3.63) is 59.2 Å². The van der Waals surface area contributed by atoms with Crippen molar-refractivity contribution in [1.82, 2.24) is 0 Å². The first-order chi connectivity index (χ1) is 9.90. The van der Waals surface area contributed by atoms with Gasteiger partial charge in [0.2, 0.25) is 0 Å². The molecule has 0 saturated heterocycles. The molecule has 0 spiro atoms. The van der Waals surface area contributed by atoms with Crippen LogP contribution in [0.3, 0.4) is 0 Å². The minimum atomic E-state index is 0.0518. The third-order valence-corrected chi connectivity index (χ3v) is 3.50. The van der Waals surface area contributed by atoms with Crippen molar-refractivity contribution in [2.75, 3.05) is 6.54 Å². The molecular formula is C19H25NO. The summed E-state index contributed by atoms with van der Waals surface area (Å²) in [5.74, 6) is 1.80. The predicted molar refractivity (Wildman–Crippen MR) is 89.2 cm³/mol. The van der Waals surface area contributed by atoms with E-state index in [2.05, 4.69) is 58.0 Å². The van der Waals surface area contributed by atoms with Crippen molar-refractivity contribution in [3.8, 4) is 11.5 Å². The Labute approximate surface area is 127 Å². The van der Waals surface area contributed by atoms with Gasteiger partial charge < -0.3 is 10.5 Å². The van der Waals surface area contributed by atoms with Crippen LogP contribution in [-0.2, 0) is 11.8 Å². The van der Waals surface area contributed by atoms with Crippen LogP contribution in [0, 0.1) is 6.92 Å².